The van der Waals surface area contributed by atoms with Crippen LogP contribution in [0, 0.1) is 0 Å². The number of ether oxygens (including phenoxy) is 2. The van der Waals surface area contributed by atoms with Crippen LogP contribution in [0.3, 0.4) is 0 Å². The molecule has 172 valence electrons. The number of nitrogens with zero attached hydrogens (tertiary/aromatic N) is 3. The number of amides is 2. The predicted octanol–water partition coefficient (Wildman–Crippen LogP) is 2.56. The van der Waals surface area contributed by atoms with Crippen LogP contribution in [0.5, 0.6) is 5.75 Å². The fourth-order valence-electron chi connectivity index (χ4n) is 4.80. The van der Waals surface area contributed by atoms with Gasteiger partial charge in [-0.05, 0) is 42.7 Å². The summed E-state index contributed by atoms with van der Waals surface area (Å²) in [5.74, 6) is 0.307. The monoisotopic (exact) mass is 447 g/mol. The summed E-state index contributed by atoms with van der Waals surface area (Å²) in [6.45, 7) is 7.24. The summed E-state index contributed by atoms with van der Waals surface area (Å²) in [7, 11) is 0. The predicted molar refractivity (Wildman–Crippen MR) is 126 cm³/mol. The van der Waals surface area contributed by atoms with Crippen LogP contribution in [0.15, 0.2) is 54.2 Å². The molecule has 2 aromatic carbocycles. The molecule has 1 fully saturated rings. The van der Waals surface area contributed by atoms with Crippen LogP contribution >= 0.6 is 0 Å². The maximum Gasteiger partial charge on any atom is 0.278 e. The molecule has 0 saturated carbocycles. The molecule has 0 radical (unpaired) electrons. The van der Waals surface area contributed by atoms with Crippen LogP contribution in [0.4, 0.5) is 5.69 Å². The number of para-hydroxylation sites is 1. The number of fused-ring (bicyclic) bond motifs is 1. The average Bonchev–Trinajstić information content (AvgIpc) is 3.37. The number of benzene rings is 2. The van der Waals surface area contributed by atoms with E-state index in [4.69, 9.17) is 9.47 Å². The first kappa shape index (κ1) is 21.7. The van der Waals surface area contributed by atoms with Crippen LogP contribution < -0.4 is 9.64 Å². The van der Waals surface area contributed by atoms with Gasteiger partial charge in [0.2, 0.25) is 0 Å². The minimum absolute atomic E-state index is 0.214. The van der Waals surface area contributed by atoms with Crippen molar-refractivity contribution in [2.45, 2.75) is 13.3 Å². The topological polar surface area (TPSA) is 62.3 Å². The molecular formula is C26H29N3O4. The lowest BCUT2D eigenvalue weighted by molar-refractivity contribution is -0.137. The normalized spacial score (nSPS) is 18.9. The molecule has 0 atom stereocenters. The Morgan fingerprint density at radius 3 is 2.42 bits per heavy atom. The number of imide groups is 1. The van der Waals surface area contributed by atoms with E-state index in [1.54, 1.807) is 0 Å². The molecule has 3 aliphatic rings. The van der Waals surface area contributed by atoms with Crippen molar-refractivity contribution in [1.29, 1.82) is 0 Å². The van der Waals surface area contributed by atoms with Gasteiger partial charge in [0.1, 0.15) is 11.4 Å². The Kier molecular flexibility index (Phi) is 6.15. The molecule has 33 heavy (non-hydrogen) atoms. The van der Waals surface area contributed by atoms with Crippen molar-refractivity contribution in [2.75, 3.05) is 57.4 Å². The molecule has 2 amide bonds. The van der Waals surface area contributed by atoms with Gasteiger partial charge in [-0.3, -0.25) is 19.4 Å². The molecule has 0 bridgehead atoms. The Balaban J connectivity index is 1.48. The summed E-state index contributed by atoms with van der Waals surface area (Å²) in [6.07, 6.45) is 0.853. The van der Waals surface area contributed by atoms with Gasteiger partial charge in [0.15, 0.2) is 0 Å². The molecule has 0 aliphatic carbocycles. The summed E-state index contributed by atoms with van der Waals surface area (Å²) in [5, 5.41) is 0. The van der Waals surface area contributed by atoms with Crippen molar-refractivity contribution in [3.8, 4) is 5.75 Å². The van der Waals surface area contributed by atoms with E-state index in [9.17, 15) is 9.59 Å². The molecule has 1 saturated heterocycles. The van der Waals surface area contributed by atoms with Gasteiger partial charge >= 0.3 is 0 Å². The van der Waals surface area contributed by atoms with Gasteiger partial charge in [0.05, 0.1) is 25.4 Å². The SMILES string of the molecule is CCOc1ccc(C2=C(N3CCc4ccccc43)C(=O)N(CCN3CCOCC3)C2=O)cc1. The zero-order valence-corrected chi connectivity index (χ0v) is 19.0. The smallest absolute Gasteiger partial charge is 0.278 e. The fraction of sp³-hybridized carbons (Fsp3) is 0.385. The van der Waals surface area contributed by atoms with E-state index in [0.717, 1.165) is 36.5 Å². The van der Waals surface area contributed by atoms with Crippen molar-refractivity contribution in [1.82, 2.24) is 9.80 Å². The number of hydrogen-bond acceptors (Lipinski definition) is 6. The summed E-state index contributed by atoms with van der Waals surface area (Å²) >= 11 is 0. The molecule has 0 unspecified atom stereocenters. The van der Waals surface area contributed by atoms with Crippen molar-refractivity contribution in [3.05, 3.63) is 65.4 Å². The summed E-state index contributed by atoms with van der Waals surface area (Å²) in [4.78, 5) is 33.0. The van der Waals surface area contributed by atoms with Crippen LogP contribution in [0.25, 0.3) is 5.57 Å². The maximum absolute atomic E-state index is 13.7. The second kappa shape index (κ2) is 9.37. The van der Waals surface area contributed by atoms with Gasteiger partial charge < -0.3 is 14.4 Å². The number of morpholine rings is 1. The van der Waals surface area contributed by atoms with Crippen LogP contribution in [-0.4, -0.2) is 74.2 Å². The average molecular weight is 448 g/mol. The lowest BCUT2D eigenvalue weighted by atomic mass is 10.0. The lowest BCUT2D eigenvalue weighted by Gasteiger charge is -2.28. The Labute approximate surface area is 194 Å². The zero-order valence-electron chi connectivity index (χ0n) is 19.0. The first-order valence-electron chi connectivity index (χ1n) is 11.7. The van der Waals surface area contributed by atoms with Crippen molar-refractivity contribution < 1.29 is 19.1 Å². The Bertz CT molecular complexity index is 1070. The number of carbonyl (C=O) groups excluding carboxylic acids is 2. The van der Waals surface area contributed by atoms with E-state index in [1.807, 2.05) is 54.3 Å². The molecule has 7 heteroatoms. The number of rotatable bonds is 7. The number of anilines is 1. The highest BCUT2D eigenvalue weighted by molar-refractivity contribution is 6.36. The van der Waals surface area contributed by atoms with Crippen LogP contribution in [0.1, 0.15) is 18.1 Å². The molecule has 2 aromatic rings. The van der Waals surface area contributed by atoms with Crippen molar-refractivity contribution in [3.63, 3.8) is 0 Å². The third kappa shape index (κ3) is 4.14. The van der Waals surface area contributed by atoms with E-state index >= 15 is 0 Å². The standard InChI is InChI=1S/C26H29N3O4/c1-2-33-21-9-7-20(8-10-21)23-24(28-12-11-19-5-3-4-6-22(19)28)26(31)29(25(23)30)14-13-27-15-17-32-18-16-27/h3-10H,2,11-18H2,1H3. The highest BCUT2D eigenvalue weighted by atomic mass is 16.5. The molecule has 0 aromatic heterocycles. The van der Waals surface area contributed by atoms with Crippen LogP contribution in [0.2, 0.25) is 0 Å². The van der Waals surface area contributed by atoms with E-state index in [1.165, 1.54) is 10.5 Å². The number of hydrogen-bond donors (Lipinski definition) is 0. The Morgan fingerprint density at radius 2 is 1.67 bits per heavy atom. The summed E-state index contributed by atoms with van der Waals surface area (Å²) in [6, 6.07) is 15.6. The molecule has 0 spiro atoms. The van der Waals surface area contributed by atoms with Gasteiger partial charge in [-0.2, -0.15) is 0 Å². The van der Waals surface area contributed by atoms with Gasteiger partial charge in [-0.15, -0.1) is 0 Å². The third-order valence-electron chi connectivity index (χ3n) is 6.50. The highest BCUT2D eigenvalue weighted by Gasteiger charge is 2.43. The van der Waals surface area contributed by atoms with E-state index in [-0.39, 0.29) is 11.8 Å². The number of carbonyl (C=O) groups is 2. The summed E-state index contributed by atoms with van der Waals surface area (Å²) < 4.78 is 11.0. The highest BCUT2D eigenvalue weighted by Crippen LogP contribution is 2.38. The maximum atomic E-state index is 13.7. The minimum Gasteiger partial charge on any atom is -0.494 e. The molecule has 7 nitrogen and oxygen atoms in total. The van der Waals surface area contributed by atoms with Gasteiger partial charge in [-0.1, -0.05) is 30.3 Å². The fourth-order valence-corrected chi connectivity index (χ4v) is 4.80. The van der Waals surface area contributed by atoms with Gasteiger partial charge in [0.25, 0.3) is 11.8 Å². The van der Waals surface area contributed by atoms with Gasteiger partial charge in [0, 0.05) is 38.4 Å². The second-order valence-corrected chi connectivity index (χ2v) is 8.43. The first-order chi connectivity index (χ1) is 16.2. The zero-order chi connectivity index (χ0) is 22.8. The van der Waals surface area contributed by atoms with Crippen molar-refractivity contribution in [2.24, 2.45) is 0 Å². The van der Waals surface area contributed by atoms with Gasteiger partial charge in [-0.25, -0.2) is 0 Å². The Morgan fingerprint density at radius 1 is 0.909 bits per heavy atom. The van der Waals surface area contributed by atoms with Crippen LogP contribution in [-0.2, 0) is 20.7 Å². The van der Waals surface area contributed by atoms with E-state index in [0.29, 0.717) is 50.7 Å². The van der Waals surface area contributed by atoms with E-state index < -0.39 is 0 Å². The third-order valence-corrected chi connectivity index (χ3v) is 6.50. The molecule has 3 aliphatic heterocycles. The van der Waals surface area contributed by atoms with Crippen molar-refractivity contribution >= 4 is 23.1 Å². The van der Waals surface area contributed by atoms with E-state index in [2.05, 4.69) is 11.0 Å². The second-order valence-electron chi connectivity index (χ2n) is 8.43. The summed E-state index contributed by atoms with van der Waals surface area (Å²) in [5.41, 5.74) is 3.90. The lowest BCUT2D eigenvalue weighted by Crippen LogP contribution is -2.44. The molecular weight excluding hydrogens is 418 g/mol. The molecule has 0 N–H and O–H groups in total. The minimum atomic E-state index is -0.225. The largest absolute Gasteiger partial charge is 0.494 e. The molecule has 3 heterocycles. The quantitative estimate of drug-likeness (QED) is 0.608. The Hall–Kier alpha value is -3.16. The molecule has 5 rings (SSSR count). The first-order valence-corrected chi connectivity index (χ1v) is 11.7.